The second kappa shape index (κ2) is 7.66. The zero-order valence-electron chi connectivity index (χ0n) is 17.2. The van der Waals surface area contributed by atoms with Gasteiger partial charge in [0.1, 0.15) is 12.3 Å². The lowest BCUT2D eigenvalue weighted by atomic mass is 9.97. The van der Waals surface area contributed by atoms with Gasteiger partial charge in [0, 0.05) is 36.7 Å². The van der Waals surface area contributed by atoms with Crippen LogP contribution in [0.5, 0.6) is 5.75 Å². The minimum atomic E-state index is -0.373. The van der Waals surface area contributed by atoms with E-state index < -0.39 is 0 Å². The molecule has 1 fully saturated rings. The lowest BCUT2D eigenvalue weighted by Crippen LogP contribution is -2.61. The fraction of sp³-hybridized carbons (Fsp3) is 0.476. The summed E-state index contributed by atoms with van der Waals surface area (Å²) in [6, 6.07) is 9.79. The first kappa shape index (κ1) is 19.9. The highest BCUT2D eigenvalue weighted by atomic mass is 16.5. The summed E-state index contributed by atoms with van der Waals surface area (Å²) in [6.45, 7) is 9.81. The normalized spacial score (nSPS) is 16.2. The number of benzene rings is 1. The molecule has 0 atom stereocenters. The third-order valence-electron chi connectivity index (χ3n) is 5.28. The van der Waals surface area contributed by atoms with Gasteiger partial charge in [-0.2, -0.15) is 4.98 Å². The Labute approximate surface area is 165 Å². The first-order chi connectivity index (χ1) is 13.2. The molecular formula is C21H28N4O3. The van der Waals surface area contributed by atoms with Crippen molar-refractivity contribution in [2.24, 2.45) is 0 Å². The zero-order valence-corrected chi connectivity index (χ0v) is 17.2. The van der Waals surface area contributed by atoms with Crippen LogP contribution in [0.4, 0.5) is 5.69 Å². The smallest absolute Gasteiger partial charge is 0.348 e. The minimum Gasteiger partial charge on any atom is -0.497 e. The molecule has 7 heteroatoms. The molecule has 3 rings (SSSR count). The van der Waals surface area contributed by atoms with Gasteiger partial charge in [-0.05, 0) is 58.0 Å². The summed E-state index contributed by atoms with van der Waals surface area (Å²) in [5.74, 6) is 0.765. The number of aromatic nitrogens is 2. The molecule has 7 nitrogen and oxygen atoms in total. The number of hydrogen-bond donors (Lipinski definition) is 0. The molecular weight excluding hydrogens is 356 g/mol. The number of rotatable bonds is 4. The molecule has 0 aliphatic carbocycles. The third kappa shape index (κ3) is 4.03. The summed E-state index contributed by atoms with van der Waals surface area (Å²) >= 11 is 0. The molecule has 28 heavy (non-hydrogen) atoms. The molecule has 1 aliphatic heterocycles. The molecule has 0 spiro atoms. The van der Waals surface area contributed by atoms with Gasteiger partial charge in [0.25, 0.3) is 0 Å². The van der Waals surface area contributed by atoms with Crippen LogP contribution in [-0.2, 0) is 11.3 Å². The van der Waals surface area contributed by atoms with E-state index in [1.807, 2.05) is 42.2 Å². The highest BCUT2D eigenvalue weighted by molar-refractivity contribution is 5.76. The number of nitrogens with zero attached hydrogens (tertiary/aromatic N) is 4. The maximum absolute atomic E-state index is 12.9. The SMILES string of the molecule is COc1ccc(N2CCN(C(=O)Cn3c(C)cc(C)nc3=O)CC2(C)C)cc1. The van der Waals surface area contributed by atoms with Crippen LogP contribution in [0, 0.1) is 13.8 Å². The van der Waals surface area contributed by atoms with E-state index in [4.69, 9.17) is 4.74 Å². The third-order valence-corrected chi connectivity index (χ3v) is 5.28. The van der Waals surface area contributed by atoms with E-state index in [9.17, 15) is 9.59 Å². The van der Waals surface area contributed by atoms with Gasteiger partial charge >= 0.3 is 5.69 Å². The van der Waals surface area contributed by atoms with Crippen molar-refractivity contribution in [1.29, 1.82) is 0 Å². The predicted molar refractivity (Wildman–Crippen MR) is 109 cm³/mol. The molecule has 0 saturated carbocycles. The largest absolute Gasteiger partial charge is 0.497 e. The number of amides is 1. The number of ether oxygens (including phenoxy) is 1. The molecule has 1 saturated heterocycles. The van der Waals surface area contributed by atoms with Crippen molar-refractivity contribution < 1.29 is 9.53 Å². The summed E-state index contributed by atoms with van der Waals surface area (Å²) in [6.07, 6.45) is 0. The van der Waals surface area contributed by atoms with Crippen LogP contribution in [0.1, 0.15) is 25.2 Å². The van der Waals surface area contributed by atoms with Gasteiger partial charge in [-0.15, -0.1) is 0 Å². The Balaban J connectivity index is 1.73. The molecule has 0 bridgehead atoms. The van der Waals surface area contributed by atoms with E-state index in [0.717, 1.165) is 23.7 Å². The number of aryl methyl sites for hydroxylation is 2. The van der Waals surface area contributed by atoms with Crippen LogP contribution < -0.4 is 15.3 Å². The lowest BCUT2D eigenvalue weighted by molar-refractivity contribution is -0.133. The zero-order chi connectivity index (χ0) is 20.5. The summed E-state index contributed by atoms with van der Waals surface area (Å²) in [5.41, 5.74) is 1.92. The van der Waals surface area contributed by atoms with Crippen LogP contribution in [0.2, 0.25) is 0 Å². The topological polar surface area (TPSA) is 67.7 Å². The van der Waals surface area contributed by atoms with E-state index in [1.165, 1.54) is 4.57 Å². The molecule has 1 aromatic heterocycles. The second-order valence-corrected chi connectivity index (χ2v) is 7.89. The van der Waals surface area contributed by atoms with E-state index in [1.54, 1.807) is 14.0 Å². The van der Waals surface area contributed by atoms with Crippen LogP contribution in [0.25, 0.3) is 0 Å². The van der Waals surface area contributed by atoms with Crippen LogP contribution in [0.3, 0.4) is 0 Å². The van der Waals surface area contributed by atoms with Crippen molar-refractivity contribution in [1.82, 2.24) is 14.5 Å². The Bertz CT molecular complexity index is 918. The molecule has 2 aromatic rings. The van der Waals surface area contributed by atoms with Crippen molar-refractivity contribution in [3.8, 4) is 5.75 Å². The van der Waals surface area contributed by atoms with Gasteiger partial charge in [-0.25, -0.2) is 4.79 Å². The summed E-state index contributed by atoms with van der Waals surface area (Å²) in [4.78, 5) is 33.1. The average molecular weight is 384 g/mol. The summed E-state index contributed by atoms with van der Waals surface area (Å²) in [5, 5.41) is 0. The van der Waals surface area contributed by atoms with Gasteiger partial charge in [0.15, 0.2) is 0 Å². The van der Waals surface area contributed by atoms with Gasteiger partial charge in [0.05, 0.1) is 12.6 Å². The Kier molecular flexibility index (Phi) is 5.45. The highest BCUT2D eigenvalue weighted by Crippen LogP contribution is 2.29. The van der Waals surface area contributed by atoms with Gasteiger partial charge in [0.2, 0.25) is 5.91 Å². The molecule has 2 heterocycles. The van der Waals surface area contributed by atoms with Crippen LogP contribution in [0.15, 0.2) is 35.1 Å². The Morgan fingerprint density at radius 3 is 2.43 bits per heavy atom. The van der Waals surface area contributed by atoms with Crippen molar-refractivity contribution in [2.75, 3.05) is 31.6 Å². The molecule has 1 aromatic carbocycles. The lowest BCUT2D eigenvalue weighted by Gasteiger charge is -2.48. The number of hydrogen-bond acceptors (Lipinski definition) is 5. The Hall–Kier alpha value is -2.83. The fourth-order valence-electron chi connectivity index (χ4n) is 3.81. The first-order valence-corrected chi connectivity index (χ1v) is 9.46. The average Bonchev–Trinajstić information content (AvgIpc) is 2.63. The van der Waals surface area contributed by atoms with Gasteiger partial charge < -0.3 is 14.5 Å². The Morgan fingerprint density at radius 1 is 1.18 bits per heavy atom. The number of anilines is 1. The number of carbonyl (C=O) groups excluding carboxylic acids is 1. The maximum Gasteiger partial charge on any atom is 0.348 e. The molecule has 0 radical (unpaired) electrons. The summed E-state index contributed by atoms with van der Waals surface area (Å²) < 4.78 is 6.68. The number of carbonyl (C=O) groups is 1. The van der Waals surface area contributed by atoms with E-state index >= 15 is 0 Å². The Morgan fingerprint density at radius 2 is 1.86 bits per heavy atom. The van der Waals surface area contributed by atoms with Crippen molar-refractivity contribution >= 4 is 11.6 Å². The standard InChI is InChI=1S/C21H28N4O3/c1-15-12-16(2)24(20(27)22-15)13-19(26)23-10-11-25(21(3,4)14-23)17-6-8-18(28-5)9-7-17/h6-9,12H,10-11,13-14H2,1-5H3. The minimum absolute atomic E-state index is 0.0244. The molecule has 0 unspecified atom stereocenters. The second-order valence-electron chi connectivity index (χ2n) is 7.89. The van der Waals surface area contributed by atoms with E-state index in [-0.39, 0.29) is 23.7 Å². The van der Waals surface area contributed by atoms with Crippen molar-refractivity contribution in [3.05, 3.63) is 52.2 Å². The molecule has 1 amide bonds. The van der Waals surface area contributed by atoms with Gasteiger partial charge in [-0.1, -0.05) is 0 Å². The highest BCUT2D eigenvalue weighted by Gasteiger charge is 2.35. The molecule has 0 N–H and O–H groups in total. The van der Waals surface area contributed by atoms with Crippen LogP contribution >= 0.6 is 0 Å². The predicted octanol–water partition coefficient (Wildman–Crippen LogP) is 2.00. The van der Waals surface area contributed by atoms with Crippen molar-refractivity contribution in [2.45, 2.75) is 39.8 Å². The molecule has 150 valence electrons. The summed E-state index contributed by atoms with van der Waals surface area (Å²) in [7, 11) is 1.65. The first-order valence-electron chi connectivity index (χ1n) is 9.46. The van der Waals surface area contributed by atoms with E-state index in [0.29, 0.717) is 18.8 Å². The van der Waals surface area contributed by atoms with Crippen molar-refractivity contribution in [3.63, 3.8) is 0 Å². The van der Waals surface area contributed by atoms with Gasteiger partial charge in [-0.3, -0.25) is 9.36 Å². The monoisotopic (exact) mass is 384 g/mol. The fourth-order valence-corrected chi connectivity index (χ4v) is 3.81. The quantitative estimate of drug-likeness (QED) is 0.807. The number of piperazine rings is 1. The molecule has 1 aliphatic rings. The van der Waals surface area contributed by atoms with Crippen LogP contribution in [-0.4, -0.2) is 52.6 Å². The maximum atomic E-state index is 12.9. The number of methoxy groups -OCH3 is 1. The van der Waals surface area contributed by atoms with E-state index in [2.05, 4.69) is 23.7 Å².